The third-order valence-corrected chi connectivity index (χ3v) is 3.02. The van der Waals surface area contributed by atoms with E-state index in [1.807, 2.05) is 0 Å². The molecule has 0 saturated carbocycles. The van der Waals surface area contributed by atoms with Crippen molar-refractivity contribution in [2.75, 3.05) is 7.11 Å². The lowest BCUT2D eigenvalue weighted by Crippen LogP contribution is -1.96. The topological polar surface area (TPSA) is 118 Å². The van der Waals surface area contributed by atoms with E-state index in [-0.39, 0.29) is 11.1 Å². The van der Waals surface area contributed by atoms with Gasteiger partial charge in [0.15, 0.2) is 0 Å². The maximum Gasteiger partial charge on any atom is 0.335 e. The number of aldehydes is 1. The van der Waals surface area contributed by atoms with Gasteiger partial charge in [0.05, 0.1) is 18.2 Å². The SMILES string of the molecule is COC(=O)C=Cc1cccc(C(=O)O)c1.O=Cc1cccc(C(=O)O)c1. The fraction of sp³-hybridized carbons (Fsp3) is 0.0526. The van der Waals surface area contributed by atoms with Crippen molar-refractivity contribution < 1.29 is 34.1 Å². The first kappa shape index (κ1) is 20.3. The quantitative estimate of drug-likeness (QED) is 0.480. The molecule has 0 aliphatic heterocycles. The lowest BCUT2D eigenvalue weighted by molar-refractivity contribution is -0.134. The summed E-state index contributed by atoms with van der Waals surface area (Å²) in [5.41, 5.74) is 1.34. The Morgan fingerprint density at radius 3 is 1.85 bits per heavy atom. The van der Waals surface area contributed by atoms with Crippen molar-refractivity contribution in [3.05, 3.63) is 76.9 Å². The summed E-state index contributed by atoms with van der Waals surface area (Å²) in [5, 5.41) is 17.2. The Bertz CT molecular complexity index is 837. The Kier molecular flexibility index (Phi) is 7.96. The van der Waals surface area contributed by atoms with E-state index in [1.54, 1.807) is 18.2 Å². The number of aromatic carboxylic acids is 2. The van der Waals surface area contributed by atoms with Gasteiger partial charge in [0, 0.05) is 11.6 Å². The molecule has 0 spiro atoms. The summed E-state index contributed by atoms with van der Waals surface area (Å²) >= 11 is 0. The minimum atomic E-state index is -1.02. The van der Waals surface area contributed by atoms with Crippen LogP contribution >= 0.6 is 0 Å². The highest BCUT2D eigenvalue weighted by molar-refractivity contribution is 5.90. The van der Waals surface area contributed by atoms with E-state index in [0.29, 0.717) is 17.4 Å². The number of hydrogen-bond acceptors (Lipinski definition) is 5. The standard InChI is InChI=1S/C11H10O4.C8H6O3/c1-15-10(12)6-5-8-3-2-4-9(7-8)11(13)14;9-5-6-2-1-3-7(4-6)8(10)11/h2-7H,1H3,(H,13,14);1-5H,(H,10,11). The minimum absolute atomic E-state index is 0.134. The molecule has 0 aliphatic carbocycles. The lowest BCUT2D eigenvalue weighted by atomic mass is 10.1. The van der Waals surface area contributed by atoms with E-state index in [2.05, 4.69) is 4.74 Å². The van der Waals surface area contributed by atoms with Crippen LogP contribution < -0.4 is 0 Å². The van der Waals surface area contributed by atoms with Crippen molar-refractivity contribution in [3.8, 4) is 0 Å². The maximum atomic E-state index is 10.8. The first-order chi connectivity index (χ1) is 12.4. The van der Waals surface area contributed by atoms with E-state index in [1.165, 1.54) is 49.6 Å². The van der Waals surface area contributed by atoms with Crippen molar-refractivity contribution in [2.24, 2.45) is 0 Å². The number of ether oxygens (including phenoxy) is 1. The molecule has 0 radical (unpaired) electrons. The fourth-order valence-electron chi connectivity index (χ4n) is 1.75. The van der Waals surface area contributed by atoms with Crippen LogP contribution in [0.25, 0.3) is 6.08 Å². The molecule has 0 bridgehead atoms. The molecule has 0 unspecified atom stereocenters. The smallest absolute Gasteiger partial charge is 0.335 e. The Hall–Kier alpha value is -3.74. The van der Waals surface area contributed by atoms with Gasteiger partial charge in [0.1, 0.15) is 6.29 Å². The zero-order valence-corrected chi connectivity index (χ0v) is 13.8. The first-order valence-corrected chi connectivity index (χ1v) is 7.25. The molecular weight excluding hydrogens is 340 g/mol. The lowest BCUT2D eigenvalue weighted by Gasteiger charge is -1.96. The van der Waals surface area contributed by atoms with Crippen molar-refractivity contribution in [2.45, 2.75) is 0 Å². The van der Waals surface area contributed by atoms with Crippen LogP contribution in [0.4, 0.5) is 0 Å². The summed E-state index contributed by atoms with van der Waals surface area (Å²) in [6.07, 6.45) is 3.35. The second kappa shape index (κ2) is 10.2. The predicted octanol–water partition coefficient (Wildman–Crippen LogP) is 2.77. The van der Waals surface area contributed by atoms with Gasteiger partial charge in [0.2, 0.25) is 0 Å². The monoisotopic (exact) mass is 356 g/mol. The molecule has 134 valence electrons. The van der Waals surface area contributed by atoms with E-state index >= 15 is 0 Å². The van der Waals surface area contributed by atoms with E-state index < -0.39 is 17.9 Å². The van der Waals surface area contributed by atoms with Crippen LogP contribution in [0, 0.1) is 0 Å². The molecule has 2 aromatic rings. The molecule has 0 amide bonds. The number of carbonyl (C=O) groups is 4. The summed E-state index contributed by atoms with van der Waals surface area (Å²) in [4.78, 5) is 42.0. The van der Waals surface area contributed by atoms with Gasteiger partial charge in [-0.25, -0.2) is 14.4 Å². The highest BCUT2D eigenvalue weighted by atomic mass is 16.5. The van der Waals surface area contributed by atoms with Crippen LogP contribution in [-0.4, -0.2) is 41.5 Å². The van der Waals surface area contributed by atoms with Crippen molar-refractivity contribution >= 4 is 30.3 Å². The average Bonchev–Trinajstić information content (AvgIpc) is 2.66. The molecule has 2 N–H and O–H groups in total. The molecule has 0 aromatic heterocycles. The molecule has 7 heteroatoms. The predicted molar refractivity (Wildman–Crippen MR) is 93.2 cm³/mol. The molecular formula is C19H16O7. The van der Waals surface area contributed by atoms with E-state index in [0.717, 1.165) is 0 Å². The van der Waals surface area contributed by atoms with Gasteiger partial charge in [-0.3, -0.25) is 4.79 Å². The van der Waals surface area contributed by atoms with Crippen LogP contribution in [-0.2, 0) is 9.53 Å². The van der Waals surface area contributed by atoms with Gasteiger partial charge in [-0.15, -0.1) is 0 Å². The average molecular weight is 356 g/mol. The van der Waals surface area contributed by atoms with Crippen LogP contribution in [0.3, 0.4) is 0 Å². The van der Waals surface area contributed by atoms with Crippen LogP contribution in [0.5, 0.6) is 0 Å². The molecule has 2 aromatic carbocycles. The molecule has 0 aliphatic rings. The number of benzene rings is 2. The maximum absolute atomic E-state index is 10.8. The van der Waals surface area contributed by atoms with Crippen LogP contribution in [0.1, 0.15) is 36.6 Å². The Labute approximate surface area is 149 Å². The van der Waals surface area contributed by atoms with Gasteiger partial charge in [-0.2, -0.15) is 0 Å². The molecule has 26 heavy (non-hydrogen) atoms. The van der Waals surface area contributed by atoms with Gasteiger partial charge >= 0.3 is 17.9 Å². The van der Waals surface area contributed by atoms with Gasteiger partial charge in [-0.1, -0.05) is 24.3 Å². The largest absolute Gasteiger partial charge is 0.478 e. The van der Waals surface area contributed by atoms with Gasteiger partial charge in [-0.05, 0) is 35.9 Å². The number of methoxy groups -OCH3 is 1. The normalized spacial score (nSPS) is 9.73. The Morgan fingerprint density at radius 1 is 0.885 bits per heavy atom. The molecule has 7 nitrogen and oxygen atoms in total. The molecule has 0 atom stereocenters. The van der Waals surface area contributed by atoms with Gasteiger partial charge in [0.25, 0.3) is 0 Å². The highest BCUT2D eigenvalue weighted by Gasteiger charge is 2.02. The number of carboxylic acids is 2. The van der Waals surface area contributed by atoms with Crippen molar-refractivity contribution in [1.29, 1.82) is 0 Å². The summed E-state index contributed by atoms with van der Waals surface area (Å²) in [6, 6.07) is 12.1. The molecule has 0 fully saturated rings. The third-order valence-electron chi connectivity index (χ3n) is 3.02. The summed E-state index contributed by atoms with van der Waals surface area (Å²) in [6.45, 7) is 0. The van der Waals surface area contributed by atoms with E-state index in [9.17, 15) is 19.2 Å². The van der Waals surface area contributed by atoms with Crippen LogP contribution in [0.2, 0.25) is 0 Å². The number of carbonyl (C=O) groups excluding carboxylic acids is 2. The highest BCUT2D eigenvalue weighted by Crippen LogP contribution is 2.07. The minimum Gasteiger partial charge on any atom is -0.478 e. The van der Waals surface area contributed by atoms with E-state index in [4.69, 9.17) is 10.2 Å². The van der Waals surface area contributed by atoms with Crippen molar-refractivity contribution in [3.63, 3.8) is 0 Å². The number of hydrogen-bond donors (Lipinski definition) is 2. The number of rotatable bonds is 5. The van der Waals surface area contributed by atoms with Crippen molar-refractivity contribution in [1.82, 2.24) is 0 Å². The van der Waals surface area contributed by atoms with Gasteiger partial charge < -0.3 is 14.9 Å². The summed E-state index contributed by atoms with van der Waals surface area (Å²) in [5.74, 6) is -2.49. The molecule has 2 rings (SSSR count). The fourth-order valence-corrected chi connectivity index (χ4v) is 1.75. The third kappa shape index (κ3) is 6.79. The summed E-state index contributed by atoms with van der Waals surface area (Å²) in [7, 11) is 1.28. The Morgan fingerprint density at radius 2 is 1.38 bits per heavy atom. The van der Waals surface area contributed by atoms with Crippen LogP contribution in [0.15, 0.2) is 54.6 Å². The summed E-state index contributed by atoms with van der Waals surface area (Å²) < 4.78 is 4.41. The second-order valence-corrected chi connectivity index (χ2v) is 4.84. The first-order valence-electron chi connectivity index (χ1n) is 7.25. The zero-order chi connectivity index (χ0) is 19.5. The number of esters is 1. The molecule has 0 saturated heterocycles. The molecule has 0 heterocycles. The second-order valence-electron chi connectivity index (χ2n) is 4.84. The number of carboxylic acid groups (broad SMARTS) is 2. The Balaban J connectivity index is 0.000000273. The zero-order valence-electron chi connectivity index (χ0n) is 13.8.